The summed E-state index contributed by atoms with van der Waals surface area (Å²) in [6.45, 7) is 2.56. The Hall–Kier alpha value is -1.06. The van der Waals surface area contributed by atoms with Gasteiger partial charge in [-0.2, -0.15) is 0 Å². The number of nitrogens with zero attached hydrogens (tertiary/aromatic N) is 1. The summed E-state index contributed by atoms with van der Waals surface area (Å²) < 4.78 is 4.66. The van der Waals surface area contributed by atoms with E-state index in [4.69, 9.17) is 0 Å². The van der Waals surface area contributed by atoms with Gasteiger partial charge in [-0.15, -0.1) is 0 Å². The molecular formula is C10H17NO3. The summed E-state index contributed by atoms with van der Waals surface area (Å²) >= 11 is 0. The van der Waals surface area contributed by atoms with Gasteiger partial charge in [0.25, 0.3) is 0 Å². The molecule has 0 spiro atoms. The zero-order chi connectivity index (χ0) is 10.6. The lowest BCUT2D eigenvalue weighted by molar-refractivity contribution is -0.119. The number of rotatable bonds is 3. The van der Waals surface area contributed by atoms with Crippen LogP contribution in [0.1, 0.15) is 32.6 Å². The van der Waals surface area contributed by atoms with Crippen LogP contribution in [0, 0.1) is 0 Å². The van der Waals surface area contributed by atoms with Crippen molar-refractivity contribution in [1.29, 1.82) is 0 Å². The van der Waals surface area contributed by atoms with Crippen LogP contribution in [0.2, 0.25) is 0 Å². The Morgan fingerprint density at radius 3 is 2.79 bits per heavy atom. The molecular weight excluding hydrogens is 182 g/mol. The fourth-order valence-corrected chi connectivity index (χ4v) is 1.81. The summed E-state index contributed by atoms with van der Waals surface area (Å²) in [5, 5.41) is 0. The number of hydrogen-bond acceptors (Lipinski definition) is 3. The van der Waals surface area contributed by atoms with E-state index in [0.717, 1.165) is 12.8 Å². The molecule has 1 amide bonds. The van der Waals surface area contributed by atoms with Gasteiger partial charge in [-0.05, 0) is 12.8 Å². The second-order valence-corrected chi connectivity index (χ2v) is 3.56. The first-order chi connectivity index (χ1) is 6.69. The van der Waals surface area contributed by atoms with Crippen molar-refractivity contribution in [3.05, 3.63) is 0 Å². The van der Waals surface area contributed by atoms with Crippen molar-refractivity contribution in [2.75, 3.05) is 13.7 Å². The summed E-state index contributed by atoms with van der Waals surface area (Å²) in [6.07, 6.45) is 2.60. The lowest BCUT2D eigenvalue weighted by Gasteiger charge is -2.22. The molecule has 4 heteroatoms. The lowest BCUT2D eigenvalue weighted by atomic mass is 10.1. The fraction of sp³-hybridized carbons (Fsp3) is 0.800. The average molecular weight is 199 g/mol. The van der Waals surface area contributed by atoms with Gasteiger partial charge in [-0.25, -0.2) is 4.79 Å². The van der Waals surface area contributed by atoms with Crippen LogP contribution in [0.25, 0.3) is 0 Å². The van der Waals surface area contributed by atoms with Gasteiger partial charge >= 0.3 is 6.09 Å². The highest BCUT2D eigenvalue weighted by molar-refractivity contribution is 5.79. The predicted octanol–water partition coefficient (Wildman–Crippen LogP) is 1.59. The molecule has 1 atom stereocenters. The van der Waals surface area contributed by atoms with Crippen molar-refractivity contribution < 1.29 is 14.3 Å². The monoisotopic (exact) mass is 199 g/mol. The average Bonchev–Trinajstić information content (AvgIpc) is 2.64. The molecule has 0 bridgehead atoms. The maximum atomic E-state index is 11.3. The minimum Gasteiger partial charge on any atom is -0.453 e. The van der Waals surface area contributed by atoms with E-state index < -0.39 is 0 Å². The molecule has 1 heterocycles. The van der Waals surface area contributed by atoms with Gasteiger partial charge in [0, 0.05) is 25.4 Å². The molecule has 1 aliphatic rings. The zero-order valence-corrected chi connectivity index (χ0v) is 8.78. The number of ketones is 1. The zero-order valence-electron chi connectivity index (χ0n) is 8.78. The Morgan fingerprint density at radius 2 is 2.21 bits per heavy atom. The summed E-state index contributed by atoms with van der Waals surface area (Å²) in [4.78, 5) is 24.2. The van der Waals surface area contributed by atoms with Crippen LogP contribution in [0.3, 0.4) is 0 Å². The molecule has 0 saturated carbocycles. The van der Waals surface area contributed by atoms with Gasteiger partial charge in [-0.3, -0.25) is 4.79 Å². The van der Waals surface area contributed by atoms with Crippen LogP contribution < -0.4 is 0 Å². The van der Waals surface area contributed by atoms with Crippen LogP contribution in [0.5, 0.6) is 0 Å². The SMILES string of the molecule is CCC(=O)CC1CCCN1C(=O)OC. The number of carbonyl (C=O) groups excluding carboxylic acids is 2. The maximum Gasteiger partial charge on any atom is 0.409 e. The van der Waals surface area contributed by atoms with Crippen molar-refractivity contribution in [3.8, 4) is 0 Å². The van der Waals surface area contributed by atoms with Gasteiger partial charge in [-0.1, -0.05) is 6.92 Å². The molecule has 0 aromatic heterocycles. The van der Waals surface area contributed by atoms with E-state index in [1.165, 1.54) is 7.11 Å². The van der Waals surface area contributed by atoms with E-state index in [-0.39, 0.29) is 17.9 Å². The Bertz CT molecular complexity index is 227. The summed E-state index contributed by atoms with van der Waals surface area (Å²) in [5.74, 6) is 0.214. The molecule has 1 saturated heterocycles. The molecule has 1 unspecified atom stereocenters. The third-order valence-corrected chi connectivity index (χ3v) is 2.64. The van der Waals surface area contributed by atoms with Gasteiger partial charge < -0.3 is 9.64 Å². The van der Waals surface area contributed by atoms with E-state index >= 15 is 0 Å². The van der Waals surface area contributed by atoms with Gasteiger partial charge in [0.1, 0.15) is 5.78 Å². The number of Topliss-reactive ketones (excluding diaryl/α,β-unsaturated/α-hetero) is 1. The number of methoxy groups -OCH3 is 1. The van der Waals surface area contributed by atoms with E-state index in [1.807, 2.05) is 6.92 Å². The quantitative estimate of drug-likeness (QED) is 0.693. The molecule has 0 radical (unpaired) electrons. The molecule has 0 aromatic rings. The molecule has 0 aromatic carbocycles. The van der Waals surface area contributed by atoms with Gasteiger partial charge in [0.05, 0.1) is 7.11 Å². The highest BCUT2D eigenvalue weighted by Crippen LogP contribution is 2.21. The lowest BCUT2D eigenvalue weighted by Crippen LogP contribution is -2.36. The van der Waals surface area contributed by atoms with E-state index in [2.05, 4.69) is 4.74 Å². The molecule has 14 heavy (non-hydrogen) atoms. The number of ether oxygens (including phenoxy) is 1. The summed E-state index contributed by atoms with van der Waals surface area (Å²) in [5.41, 5.74) is 0. The first-order valence-electron chi connectivity index (χ1n) is 5.05. The maximum absolute atomic E-state index is 11.3. The normalized spacial score (nSPS) is 21.0. The molecule has 4 nitrogen and oxygen atoms in total. The smallest absolute Gasteiger partial charge is 0.409 e. The van der Waals surface area contributed by atoms with Crippen LogP contribution in [-0.2, 0) is 9.53 Å². The Balaban J connectivity index is 2.51. The number of likely N-dealkylation sites (tertiary alicyclic amines) is 1. The molecule has 1 fully saturated rings. The van der Waals surface area contributed by atoms with E-state index in [9.17, 15) is 9.59 Å². The van der Waals surface area contributed by atoms with Crippen molar-refractivity contribution in [2.45, 2.75) is 38.6 Å². The molecule has 1 aliphatic heterocycles. The topological polar surface area (TPSA) is 46.6 Å². The molecule has 80 valence electrons. The third-order valence-electron chi connectivity index (χ3n) is 2.64. The first-order valence-corrected chi connectivity index (χ1v) is 5.05. The Morgan fingerprint density at radius 1 is 1.50 bits per heavy atom. The van der Waals surface area contributed by atoms with Crippen LogP contribution in [0.15, 0.2) is 0 Å². The van der Waals surface area contributed by atoms with Gasteiger partial charge in [0.15, 0.2) is 0 Å². The second-order valence-electron chi connectivity index (χ2n) is 3.56. The molecule has 1 rings (SSSR count). The van der Waals surface area contributed by atoms with Crippen molar-refractivity contribution >= 4 is 11.9 Å². The highest BCUT2D eigenvalue weighted by Gasteiger charge is 2.30. The predicted molar refractivity (Wildman–Crippen MR) is 52.0 cm³/mol. The van der Waals surface area contributed by atoms with Crippen molar-refractivity contribution in [1.82, 2.24) is 4.90 Å². The minimum absolute atomic E-state index is 0.0647. The summed E-state index contributed by atoms with van der Waals surface area (Å²) in [6, 6.07) is 0.0647. The number of amides is 1. The standard InChI is InChI=1S/C10H17NO3/c1-3-9(12)7-8-5-4-6-11(8)10(13)14-2/h8H,3-7H2,1-2H3. The third kappa shape index (κ3) is 2.47. The molecule has 0 aliphatic carbocycles. The minimum atomic E-state index is -0.309. The van der Waals surface area contributed by atoms with Crippen LogP contribution >= 0.6 is 0 Å². The number of hydrogen-bond donors (Lipinski definition) is 0. The van der Waals surface area contributed by atoms with E-state index in [0.29, 0.717) is 19.4 Å². The van der Waals surface area contributed by atoms with Crippen molar-refractivity contribution in [2.24, 2.45) is 0 Å². The van der Waals surface area contributed by atoms with Crippen LogP contribution in [0.4, 0.5) is 4.79 Å². The first kappa shape index (κ1) is 11.0. The van der Waals surface area contributed by atoms with Gasteiger partial charge in [0.2, 0.25) is 0 Å². The Labute approximate surface area is 84.2 Å². The second kappa shape index (κ2) is 4.98. The number of carbonyl (C=O) groups is 2. The fourth-order valence-electron chi connectivity index (χ4n) is 1.81. The molecule has 0 N–H and O–H groups in total. The highest BCUT2D eigenvalue weighted by atomic mass is 16.5. The van der Waals surface area contributed by atoms with Crippen molar-refractivity contribution in [3.63, 3.8) is 0 Å². The Kier molecular flexibility index (Phi) is 3.92. The van der Waals surface area contributed by atoms with E-state index in [1.54, 1.807) is 4.90 Å². The summed E-state index contributed by atoms with van der Waals surface area (Å²) in [7, 11) is 1.37. The van der Waals surface area contributed by atoms with Crippen LogP contribution in [-0.4, -0.2) is 36.5 Å². The largest absolute Gasteiger partial charge is 0.453 e.